The zero-order valence-electron chi connectivity index (χ0n) is 10.8. The van der Waals surface area contributed by atoms with Crippen molar-refractivity contribution in [3.05, 3.63) is 34.4 Å². The van der Waals surface area contributed by atoms with Crippen LogP contribution in [0.15, 0.2) is 28.7 Å². The van der Waals surface area contributed by atoms with Crippen molar-refractivity contribution in [3.63, 3.8) is 0 Å². The van der Waals surface area contributed by atoms with Crippen LogP contribution in [0.25, 0.3) is 10.9 Å². The zero-order chi connectivity index (χ0) is 14.1. The molecule has 5 nitrogen and oxygen atoms in total. The van der Waals surface area contributed by atoms with E-state index in [1.165, 1.54) is 0 Å². The Morgan fingerprint density at radius 2 is 2.30 bits per heavy atom. The second-order valence-corrected chi connectivity index (χ2v) is 5.69. The highest BCUT2D eigenvalue weighted by Gasteiger charge is 2.26. The maximum atomic E-state index is 11.0. The summed E-state index contributed by atoms with van der Waals surface area (Å²) >= 11 is 3.62. The molecule has 1 aromatic carbocycles. The molecule has 0 amide bonds. The van der Waals surface area contributed by atoms with Crippen LogP contribution in [-0.4, -0.2) is 46.8 Å². The normalized spacial score (nSPS) is 20.4. The Morgan fingerprint density at radius 1 is 1.50 bits per heavy atom. The number of carbonyl (C=O) groups is 1. The number of nitrogens with zero attached hydrogens (tertiary/aromatic N) is 1. The van der Waals surface area contributed by atoms with Crippen molar-refractivity contribution < 1.29 is 14.6 Å². The summed E-state index contributed by atoms with van der Waals surface area (Å²) in [4.78, 5) is 16.5. The highest BCUT2D eigenvalue weighted by atomic mass is 79.9. The molecule has 1 aliphatic heterocycles. The number of H-pyrrole nitrogens is 1. The number of hydrogen-bond donors (Lipinski definition) is 2. The molecule has 0 radical (unpaired) electrons. The van der Waals surface area contributed by atoms with Crippen LogP contribution in [0.1, 0.15) is 5.69 Å². The molecule has 1 aliphatic rings. The molecule has 0 bridgehead atoms. The van der Waals surface area contributed by atoms with Crippen LogP contribution in [-0.2, 0) is 16.1 Å². The second-order valence-electron chi connectivity index (χ2n) is 4.90. The molecular weight excluding hydrogens is 324 g/mol. The summed E-state index contributed by atoms with van der Waals surface area (Å²) in [5.74, 6) is -0.898. The van der Waals surface area contributed by atoms with Gasteiger partial charge in [0, 0.05) is 40.7 Å². The number of ether oxygens (including phenoxy) is 1. The Balaban J connectivity index is 1.79. The van der Waals surface area contributed by atoms with Gasteiger partial charge in [0.1, 0.15) is 0 Å². The molecule has 0 saturated carbocycles. The summed E-state index contributed by atoms with van der Waals surface area (Å²) in [5, 5.41) is 10.2. The number of benzene rings is 1. The quantitative estimate of drug-likeness (QED) is 0.900. The predicted molar refractivity (Wildman–Crippen MR) is 78.7 cm³/mol. The first-order valence-corrected chi connectivity index (χ1v) is 7.26. The van der Waals surface area contributed by atoms with Crippen LogP contribution in [0.2, 0.25) is 0 Å². The number of aromatic nitrogens is 1. The summed E-state index contributed by atoms with van der Waals surface area (Å²) in [7, 11) is 0. The van der Waals surface area contributed by atoms with Gasteiger partial charge in [-0.3, -0.25) is 4.90 Å². The van der Waals surface area contributed by atoms with Gasteiger partial charge >= 0.3 is 5.97 Å². The number of hydrogen-bond acceptors (Lipinski definition) is 3. The molecule has 6 heteroatoms. The van der Waals surface area contributed by atoms with Crippen molar-refractivity contribution in [2.75, 3.05) is 19.7 Å². The zero-order valence-corrected chi connectivity index (χ0v) is 12.4. The van der Waals surface area contributed by atoms with E-state index >= 15 is 0 Å². The summed E-state index contributed by atoms with van der Waals surface area (Å²) in [6.07, 6.45) is -0.730. The van der Waals surface area contributed by atoms with Crippen molar-refractivity contribution in [2.45, 2.75) is 12.6 Å². The minimum absolute atomic E-state index is 0.414. The van der Waals surface area contributed by atoms with Gasteiger partial charge in [-0.2, -0.15) is 0 Å². The van der Waals surface area contributed by atoms with Crippen LogP contribution in [0.5, 0.6) is 0 Å². The molecular formula is C14H15BrN2O3. The maximum Gasteiger partial charge on any atom is 0.334 e. The Kier molecular flexibility index (Phi) is 3.78. The third-order valence-electron chi connectivity index (χ3n) is 3.52. The fourth-order valence-electron chi connectivity index (χ4n) is 2.49. The lowest BCUT2D eigenvalue weighted by atomic mass is 10.2. The molecule has 1 atom stereocenters. The van der Waals surface area contributed by atoms with Gasteiger partial charge in [-0.05, 0) is 22.0 Å². The van der Waals surface area contributed by atoms with Crippen molar-refractivity contribution >= 4 is 32.8 Å². The number of aromatic amines is 1. The fraction of sp³-hybridized carbons (Fsp3) is 0.357. The number of aliphatic carboxylic acids is 1. The molecule has 2 N–H and O–H groups in total. The highest BCUT2D eigenvalue weighted by molar-refractivity contribution is 9.10. The molecule has 1 unspecified atom stereocenters. The van der Waals surface area contributed by atoms with Crippen molar-refractivity contribution in [1.82, 2.24) is 9.88 Å². The third-order valence-corrected chi connectivity index (χ3v) is 4.43. The highest BCUT2D eigenvalue weighted by Crippen LogP contribution is 2.28. The van der Waals surface area contributed by atoms with Gasteiger partial charge in [0.25, 0.3) is 0 Å². The number of para-hydroxylation sites is 1. The fourth-order valence-corrected chi connectivity index (χ4v) is 3.06. The van der Waals surface area contributed by atoms with E-state index in [-0.39, 0.29) is 0 Å². The molecule has 0 spiro atoms. The van der Waals surface area contributed by atoms with E-state index in [2.05, 4.69) is 31.9 Å². The van der Waals surface area contributed by atoms with Crippen LogP contribution in [0.3, 0.4) is 0 Å². The molecule has 1 aromatic heterocycles. The van der Waals surface area contributed by atoms with Crippen LogP contribution in [0.4, 0.5) is 0 Å². The molecule has 1 fully saturated rings. The average Bonchev–Trinajstić information content (AvgIpc) is 2.76. The van der Waals surface area contributed by atoms with Crippen molar-refractivity contribution in [1.29, 1.82) is 0 Å². The average molecular weight is 339 g/mol. The van der Waals surface area contributed by atoms with E-state index in [9.17, 15) is 4.79 Å². The van der Waals surface area contributed by atoms with Gasteiger partial charge < -0.3 is 14.8 Å². The van der Waals surface area contributed by atoms with Crippen LogP contribution < -0.4 is 0 Å². The van der Waals surface area contributed by atoms with Crippen molar-refractivity contribution in [3.8, 4) is 0 Å². The summed E-state index contributed by atoms with van der Waals surface area (Å²) in [6, 6.07) is 8.08. The Morgan fingerprint density at radius 3 is 3.05 bits per heavy atom. The number of fused-ring (bicyclic) bond motifs is 1. The number of morpholine rings is 1. The number of halogens is 1. The van der Waals surface area contributed by atoms with Gasteiger partial charge in [-0.25, -0.2) is 4.79 Å². The van der Waals surface area contributed by atoms with Crippen LogP contribution >= 0.6 is 15.9 Å². The molecule has 2 heterocycles. The van der Waals surface area contributed by atoms with E-state index in [0.717, 1.165) is 27.6 Å². The number of nitrogens with one attached hydrogen (secondary N) is 1. The van der Waals surface area contributed by atoms with E-state index < -0.39 is 12.1 Å². The first-order chi connectivity index (χ1) is 9.65. The van der Waals surface area contributed by atoms with Gasteiger partial charge in [0.15, 0.2) is 6.10 Å². The monoisotopic (exact) mass is 338 g/mol. The molecule has 0 aliphatic carbocycles. The van der Waals surface area contributed by atoms with Gasteiger partial charge in [0.2, 0.25) is 0 Å². The SMILES string of the molecule is O=C(O)C1CN(Cc2[nH]c3ccccc3c2Br)CCO1. The second kappa shape index (κ2) is 5.55. The first kappa shape index (κ1) is 13.6. The summed E-state index contributed by atoms with van der Waals surface area (Å²) in [5.41, 5.74) is 2.15. The Bertz CT molecular complexity index is 640. The maximum absolute atomic E-state index is 11.0. The molecule has 3 rings (SSSR count). The van der Waals surface area contributed by atoms with E-state index in [0.29, 0.717) is 19.7 Å². The molecule has 2 aromatic rings. The van der Waals surface area contributed by atoms with E-state index in [4.69, 9.17) is 9.84 Å². The molecule has 106 valence electrons. The van der Waals surface area contributed by atoms with Gasteiger partial charge in [0.05, 0.1) is 6.61 Å². The first-order valence-electron chi connectivity index (χ1n) is 6.47. The number of carboxylic acids is 1. The topological polar surface area (TPSA) is 65.6 Å². The summed E-state index contributed by atoms with van der Waals surface area (Å²) in [6.45, 7) is 2.29. The predicted octanol–water partition coefficient (Wildman–Crippen LogP) is 2.22. The largest absolute Gasteiger partial charge is 0.479 e. The number of carboxylic acid groups (broad SMARTS) is 1. The lowest BCUT2D eigenvalue weighted by molar-refractivity contribution is -0.156. The third kappa shape index (κ3) is 2.59. The van der Waals surface area contributed by atoms with E-state index in [1.54, 1.807) is 0 Å². The van der Waals surface area contributed by atoms with E-state index in [1.807, 2.05) is 18.2 Å². The summed E-state index contributed by atoms with van der Waals surface area (Å²) < 4.78 is 6.28. The van der Waals surface area contributed by atoms with Crippen LogP contribution in [0, 0.1) is 0 Å². The smallest absolute Gasteiger partial charge is 0.334 e. The molecule has 1 saturated heterocycles. The standard InChI is InChI=1S/C14H15BrN2O3/c15-13-9-3-1-2-4-10(9)16-11(13)7-17-5-6-20-12(8-17)14(18)19/h1-4,12,16H,5-8H2,(H,18,19). The minimum atomic E-state index is -0.898. The lowest BCUT2D eigenvalue weighted by Crippen LogP contribution is -2.45. The van der Waals surface area contributed by atoms with Gasteiger partial charge in [-0.1, -0.05) is 18.2 Å². The Hall–Kier alpha value is -1.37. The number of rotatable bonds is 3. The minimum Gasteiger partial charge on any atom is -0.479 e. The molecule has 20 heavy (non-hydrogen) atoms. The van der Waals surface area contributed by atoms with Gasteiger partial charge in [-0.15, -0.1) is 0 Å². The Labute approximate surface area is 124 Å². The van der Waals surface area contributed by atoms with Crippen molar-refractivity contribution in [2.24, 2.45) is 0 Å². The lowest BCUT2D eigenvalue weighted by Gasteiger charge is -2.30.